The van der Waals surface area contributed by atoms with E-state index in [0.29, 0.717) is 16.8 Å². The van der Waals surface area contributed by atoms with E-state index in [0.717, 1.165) is 5.39 Å². The molecule has 0 spiro atoms. The van der Waals surface area contributed by atoms with E-state index in [1.807, 2.05) is 30.3 Å². The van der Waals surface area contributed by atoms with Gasteiger partial charge in [-0.25, -0.2) is 0 Å². The highest BCUT2D eigenvalue weighted by Crippen LogP contribution is 2.22. The highest BCUT2D eigenvalue weighted by atomic mass is 16.5. The second kappa shape index (κ2) is 6.36. The first-order valence-corrected chi connectivity index (χ1v) is 7.20. The van der Waals surface area contributed by atoms with Gasteiger partial charge >= 0.3 is 0 Å². The van der Waals surface area contributed by atoms with E-state index in [1.54, 1.807) is 37.6 Å². The van der Waals surface area contributed by atoms with Crippen LogP contribution in [0.5, 0.6) is 5.75 Å². The standard InChI is InChI=1S/C18H16N2O3/c1-23-16-9-5-4-8-15(16)19-17(21)12-20-11-10-13-6-2-3-7-14(13)18(20)22/h2-11H,12H2,1H3,(H,19,21). The van der Waals surface area contributed by atoms with Gasteiger partial charge in [0.15, 0.2) is 0 Å². The van der Waals surface area contributed by atoms with Gasteiger partial charge in [-0.1, -0.05) is 30.3 Å². The van der Waals surface area contributed by atoms with Crippen molar-refractivity contribution in [3.63, 3.8) is 0 Å². The van der Waals surface area contributed by atoms with Crippen molar-refractivity contribution in [1.29, 1.82) is 0 Å². The number of aromatic nitrogens is 1. The molecule has 3 rings (SSSR count). The van der Waals surface area contributed by atoms with Gasteiger partial charge in [-0.05, 0) is 29.7 Å². The molecule has 1 aromatic heterocycles. The van der Waals surface area contributed by atoms with Crippen molar-refractivity contribution in [2.45, 2.75) is 6.54 Å². The van der Waals surface area contributed by atoms with Crippen molar-refractivity contribution in [3.8, 4) is 5.75 Å². The van der Waals surface area contributed by atoms with Crippen molar-refractivity contribution in [2.75, 3.05) is 12.4 Å². The summed E-state index contributed by atoms with van der Waals surface area (Å²) in [5.41, 5.74) is 0.395. The Labute approximate surface area is 133 Å². The highest BCUT2D eigenvalue weighted by molar-refractivity contribution is 5.92. The van der Waals surface area contributed by atoms with E-state index in [-0.39, 0.29) is 18.0 Å². The lowest BCUT2D eigenvalue weighted by Crippen LogP contribution is -2.27. The third kappa shape index (κ3) is 3.08. The fourth-order valence-corrected chi connectivity index (χ4v) is 2.45. The Bertz CT molecular complexity index is 915. The molecule has 0 fully saturated rings. The second-order valence-corrected chi connectivity index (χ2v) is 5.08. The molecule has 0 aliphatic carbocycles. The Balaban J connectivity index is 1.83. The molecule has 0 unspecified atom stereocenters. The van der Waals surface area contributed by atoms with Gasteiger partial charge in [0.1, 0.15) is 12.3 Å². The lowest BCUT2D eigenvalue weighted by Gasteiger charge is -2.11. The smallest absolute Gasteiger partial charge is 0.258 e. The molecule has 0 atom stereocenters. The van der Waals surface area contributed by atoms with Gasteiger partial charge < -0.3 is 14.6 Å². The molecule has 5 nitrogen and oxygen atoms in total. The molecule has 116 valence electrons. The summed E-state index contributed by atoms with van der Waals surface area (Å²) in [5.74, 6) is 0.290. The quantitative estimate of drug-likeness (QED) is 0.806. The lowest BCUT2D eigenvalue weighted by molar-refractivity contribution is -0.116. The fourth-order valence-electron chi connectivity index (χ4n) is 2.45. The molecule has 0 saturated carbocycles. The van der Waals surface area contributed by atoms with E-state index < -0.39 is 0 Å². The third-order valence-corrected chi connectivity index (χ3v) is 3.58. The van der Waals surface area contributed by atoms with Crippen LogP contribution in [0.25, 0.3) is 10.8 Å². The minimum atomic E-state index is -0.285. The summed E-state index contributed by atoms with van der Waals surface area (Å²) in [6, 6.07) is 16.3. The van der Waals surface area contributed by atoms with E-state index in [2.05, 4.69) is 5.32 Å². The number of nitrogens with zero attached hydrogens (tertiary/aromatic N) is 1. The maximum absolute atomic E-state index is 12.4. The van der Waals surface area contributed by atoms with Crippen molar-refractivity contribution in [3.05, 3.63) is 71.1 Å². The molecular formula is C18H16N2O3. The lowest BCUT2D eigenvalue weighted by atomic mass is 10.2. The fraction of sp³-hybridized carbons (Fsp3) is 0.111. The predicted octanol–water partition coefficient (Wildman–Crippen LogP) is 2.65. The molecule has 2 aromatic carbocycles. The predicted molar refractivity (Wildman–Crippen MR) is 89.8 cm³/mol. The molecule has 0 aliphatic heterocycles. The molecule has 23 heavy (non-hydrogen) atoms. The Kier molecular flexibility index (Phi) is 4.10. The Morgan fingerprint density at radius 3 is 2.65 bits per heavy atom. The number of para-hydroxylation sites is 2. The number of carbonyl (C=O) groups excluding carboxylic acids is 1. The molecule has 3 aromatic rings. The van der Waals surface area contributed by atoms with Crippen LogP contribution < -0.4 is 15.6 Å². The summed E-state index contributed by atoms with van der Waals surface area (Å²) in [7, 11) is 1.54. The number of carbonyl (C=O) groups is 1. The van der Waals surface area contributed by atoms with Gasteiger partial charge in [-0.15, -0.1) is 0 Å². The van der Waals surface area contributed by atoms with Gasteiger partial charge in [-0.2, -0.15) is 0 Å². The van der Waals surface area contributed by atoms with Gasteiger partial charge in [0.25, 0.3) is 5.56 Å². The Morgan fingerprint density at radius 1 is 1.09 bits per heavy atom. The first-order valence-electron chi connectivity index (χ1n) is 7.20. The number of nitrogens with one attached hydrogen (secondary N) is 1. The number of benzene rings is 2. The maximum Gasteiger partial charge on any atom is 0.258 e. The number of pyridine rings is 1. The zero-order chi connectivity index (χ0) is 16.2. The molecule has 1 amide bonds. The normalized spacial score (nSPS) is 10.5. The topological polar surface area (TPSA) is 60.3 Å². The molecule has 0 saturated heterocycles. The van der Waals surface area contributed by atoms with Gasteiger partial charge in [0.2, 0.25) is 5.91 Å². The van der Waals surface area contributed by atoms with Crippen LogP contribution >= 0.6 is 0 Å². The van der Waals surface area contributed by atoms with Gasteiger partial charge in [0, 0.05) is 11.6 Å². The summed E-state index contributed by atoms with van der Waals surface area (Å²) in [6.07, 6.45) is 1.63. The largest absolute Gasteiger partial charge is 0.495 e. The van der Waals surface area contributed by atoms with E-state index in [9.17, 15) is 9.59 Å². The number of hydrogen-bond acceptors (Lipinski definition) is 3. The summed E-state index contributed by atoms with van der Waals surface area (Å²) in [4.78, 5) is 24.6. The SMILES string of the molecule is COc1ccccc1NC(=O)Cn1ccc2ccccc2c1=O. The van der Waals surface area contributed by atoms with Crippen molar-refractivity contribution < 1.29 is 9.53 Å². The summed E-state index contributed by atoms with van der Waals surface area (Å²) in [6.45, 7) is -0.0539. The first-order chi connectivity index (χ1) is 11.2. The Morgan fingerprint density at radius 2 is 1.83 bits per heavy atom. The number of anilines is 1. The van der Waals surface area contributed by atoms with Crippen molar-refractivity contribution >= 4 is 22.4 Å². The van der Waals surface area contributed by atoms with Crippen LogP contribution in [0.1, 0.15) is 0 Å². The summed E-state index contributed by atoms with van der Waals surface area (Å²) < 4.78 is 6.59. The molecule has 0 aliphatic rings. The molecule has 0 bridgehead atoms. The molecule has 1 heterocycles. The minimum absolute atomic E-state index is 0.0539. The third-order valence-electron chi connectivity index (χ3n) is 3.58. The van der Waals surface area contributed by atoms with Crippen molar-refractivity contribution in [2.24, 2.45) is 0 Å². The average molecular weight is 308 g/mol. The van der Waals surface area contributed by atoms with Crippen LogP contribution in [-0.4, -0.2) is 17.6 Å². The zero-order valence-electron chi connectivity index (χ0n) is 12.7. The van der Waals surface area contributed by atoms with Crippen LogP contribution in [-0.2, 0) is 11.3 Å². The second-order valence-electron chi connectivity index (χ2n) is 5.08. The number of hydrogen-bond donors (Lipinski definition) is 1. The van der Waals surface area contributed by atoms with Crippen LogP contribution in [0.3, 0.4) is 0 Å². The molecule has 1 N–H and O–H groups in total. The summed E-state index contributed by atoms with van der Waals surface area (Å²) in [5, 5.41) is 4.22. The van der Waals surface area contributed by atoms with Gasteiger partial charge in [0.05, 0.1) is 12.8 Å². The van der Waals surface area contributed by atoms with E-state index in [1.165, 1.54) is 4.57 Å². The number of methoxy groups -OCH3 is 1. The first kappa shape index (κ1) is 14.8. The monoisotopic (exact) mass is 308 g/mol. The molecule has 5 heteroatoms. The number of amides is 1. The maximum atomic E-state index is 12.4. The van der Waals surface area contributed by atoms with E-state index >= 15 is 0 Å². The van der Waals surface area contributed by atoms with Gasteiger partial charge in [-0.3, -0.25) is 9.59 Å². The number of rotatable bonds is 4. The molecule has 0 radical (unpaired) electrons. The number of fused-ring (bicyclic) bond motifs is 1. The van der Waals surface area contributed by atoms with Crippen molar-refractivity contribution in [1.82, 2.24) is 4.57 Å². The van der Waals surface area contributed by atoms with Crippen LogP contribution in [0.4, 0.5) is 5.69 Å². The Hall–Kier alpha value is -3.08. The molecular weight excluding hydrogens is 292 g/mol. The average Bonchev–Trinajstić information content (AvgIpc) is 2.58. The summed E-state index contributed by atoms with van der Waals surface area (Å²) >= 11 is 0. The van der Waals surface area contributed by atoms with Crippen LogP contribution in [0, 0.1) is 0 Å². The highest BCUT2D eigenvalue weighted by Gasteiger charge is 2.09. The number of ether oxygens (including phenoxy) is 1. The van der Waals surface area contributed by atoms with Crippen LogP contribution in [0.15, 0.2) is 65.6 Å². The zero-order valence-corrected chi connectivity index (χ0v) is 12.7. The van der Waals surface area contributed by atoms with Crippen LogP contribution in [0.2, 0.25) is 0 Å². The minimum Gasteiger partial charge on any atom is -0.495 e. The van der Waals surface area contributed by atoms with E-state index in [4.69, 9.17) is 4.74 Å².